The predicted molar refractivity (Wildman–Crippen MR) is 64.2 cm³/mol. The molecule has 0 atom stereocenters. The lowest BCUT2D eigenvalue weighted by Gasteiger charge is -2.11. The maximum absolute atomic E-state index is 12.0. The topological polar surface area (TPSA) is 47.8 Å². The van der Waals surface area contributed by atoms with Crippen LogP contribution in [0.15, 0.2) is 16.3 Å². The van der Waals surface area contributed by atoms with Crippen LogP contribution in [0.1, 0.15) is 42.6 Å². The molecule has 1 aliphatic rings. The first-order valence-corrected chi connectivity index (χ1v) is 6.24. The van der Waals surface area contributed by atoms with Crippen molar-refractivity contribution < 1.29 is 4.79 Å². The van der Waals surface area contributed by atoms with Gasteiger partial charge in [0.25, 0.3) is 0 Å². The van der Waals surface area contributed by atoms with E-state index in [1.54, 1.807) is 7.05 Å². The minimum atomic E-state index is 0.0903. The average Bonchev–Trinajstić information content (AvgIpc) is 2.60. The highest BCUT2D eigenvalue weighted by molar-refractivity contribution is 9.10. The van der Waals surface area contributed by atoms with E-state index in [0.717, 1.165) is 12.8 Å². The summed E-state index contributed by atoms with van der Waals surface area (Å²) in [5.74, 6) is 0.0903. The molecule has 0 amide bonds. The first kappa shape index (κ1) is 11.5. The maximum atomic E-state index is 12.0. The third-order valence-corrected chi connectivity index (χ3v) is 3.36. The monoisotopic (exact) mass is 283 g/mol. The summed E-state index contributed by atoms with van der Waals surface area (Å²) >= 11 is 3.25. The van der Waals surface area contributed by atoms with Crippen molar-refractivity contribution in [3.63, 3.8) is 0 Å². The van der Waals surface area contributed by atoms with Crippen LogP contribution in [0.25, 0.3) is 0 Å². The van der Waals surface area contributed by atoms with Crippen molar-refractivity contribution in [1.82, 2.24) is 15.0 Å². The summed E-state index contributed by atoms with van der Waals surface area (Å²) in [6.07, 6.45) is 7.29. The molecule has 0 aromatic carbocycles. The number of hydrogen-bond acceptors (Lipinski definition) is 3. The number of Topliss-reactive ketones (excluding diaryl/α,β-unsaturated/α-hetero) is 1. The van der Waals surface area contributed by atoms with Crippen LogP contribution in [0.4, 0.5) is 0 Å². The molecule has 0 saturated carbocycles. The maximum Gasteiger partial charge on any atom is 0.187 e. The summed E-state index contributed by atoms with van der Waals surface area (Å²) in [5.41, 5.74) is 1.82. The average molecular weight is 284 g/mol. The summed E-state index contributed by atoms with van der Waals surface area (Å²) in [6.45, 7) is 0. The van der Waals surface area contributed by atoms with E-state index in [-0.39, 0.29) is 5.78 Å². The molecule has 5 heteroatoms. The SMILES string of the molecule is Cn1nnc(Br)c1C(=O)CC1=CCCCC1. The highest BCUT2D eigenvalue weighted by Gasteiger charge is 2.18. The fourth-order valence-electron chi connectivity index (χ4n) is 1.98. The normalized spacial score (nSPS) is 16.0. The molecule has 86 valence electrons. The van der Waals surface area contributed by atoms with Gasteiger partial charge in [0, 0.05) is 13.5 Å². The third-order valence-electron chi connectivity index (χ3n) is 2.82. The second kappa shape index (κ2) is 4.91. The van der Waals surface area contributed by atoms with Crippen LogP contribution < -0.4 is 0 Å². The number of carbonyl (C=O) groups excluding carboxylic acids is 1. The molecule has 1 aromatic rings. The molecule has 0 bridgehead atoms. The number of hydrogen-bond donors (Lipinski definition) is 0. The van der Waals surface area contributed by atoms with E-state index in [9.17, 15) is 4.79 Å². The van der Waals surface area contributed by atoms with Gasteiger partial charge in [-0.3, -0.25) is 4.79 Å². The number of nitrogens with zero attached hydrogens (tertiary/aromatic N) is 3. The summed E-state index contributed by atoms with van der Waals surface area (Å²) in [5, 5.41) is 7.63. The van der Waals surface area contributed by atoms with E-state index < -0.39 is 0 Å². The van der Waals surface area contributed by atoms with Gasteiger partial charge in [-0.2, -0.15) is 0 Å². The van der Waals surface area contributed by atoms with Gasteiger partial charge in [0.15, 0.2) is 10.4 Å². The van der Waals surface area contributed by atoms with E-state index in [0.29, 0.717) is 16.7 Å². The van der Waals surface area contributed by atoms with E-state index in [2.05, 4.69) is 32.3 Å². The van der Waals surface area contributed by atoms with E-state index >= 15 is 0 Å². The second-order valence-corrected chi connectivity index (χ2v) is 4.81. The summed E-state index contributed by atoms with van der Waals surface area (Å²) in [6, 6.07) is 0. The predicted octanol–water partition coefficient (Wildman–Crippen LogP) is 2.65. The van der Waals surface area contributed by atoms with E-state index in [1.165, 1.54) is 23.1 Å². The molecule has 1 aromatic heterocycles. The van der Waals surface area contributed by atoms with Gasteiger partial charge in [0.1, 0.15) is 5.69 Å². The molecular weight excluding hydrogens is 270 g/mol. The molecule has 1 heterocycles. The smallest absolute Gasteiger partial charge is 0.187 e. The first-order valence-electron chi connectivity index (χ1n) is 5.45. The van der Waals surface area contributed by atoms with Crippen molar-refractivity contribution in [3.05, 3.63) is 21.9 Å². The van der Waals surface area contributed by atoms with Crippen LogP contribution in [-0.4, -0.2) is 20.8 Å². The fraction of sp³-hybridized carbons (Fsp3) is 0.545. The molecule has 0 unspecified atom stereocenters. The summed E-state index contributed by atoms with van der Waals surface area (Å²) in [7, 11) is 1.74. The zero-order valence-corrected chi connectivity index (χ0v) is 10.8. The number of halogens is 1. The van der Waals surface area contributed by atoms with Crippen molar-refractivity contribution in [1.29, 1.82) is 0 Å². The Hall–Kier alpha value is -0.970. The molecular formula is C11H14BrN3O. The zero-order valence-electron chi connectivity index (χ0n) is 9.24. The Bertz CT molecular complexity index is 417. The van der Waals surface area contributed by atoms with Crippen molar-refractivity contribution >= 4 is 21.7 Å². The Kier molecular flexibility index (Phi) is 3.53. The van der Waals surface area contributed by atoms with Gasteiger partial charge < -0.3 is 0 Å². The van der Waals surface area contributed by atoms with Gasteiger partial charge in [-0.05, 0) is 41.6 Å². The number of allylic oxidation sites excluding steroid dienone is 2. The Morgan fingerprint density at radius 3 is 2.94 bits per heavy atom. The minimum absolute atomic E-state index is 0.0903. The molecule has 0 fully saturated rings. The first-order chi connectivity index (χ1) is 7.68. The highest BCUT2D eigenvalue weighted by atomic mass is 79.9. The van der Waals surface area contributed by atoms with Crippen LogP contribution in [0.5, 0.6) is 0 Å². The van der Waals surface area contributed by atoms with Crippen molar-refractivity contribution in [2.24, 2.45) is 7.05 Å². The lowest BCUT2D eigenvalue weighted by Crippen LogP contribution is -2.09. The van der Waals surface area contributed by atoms with Crippen LogP contribution in [0, 0.1) is 0 Å². The van der Waals surface area contributed by atoms with E-state index in [4.69, 9.17) is 0 Å². The molecule has 0 spiro atoms. The van der Waals surface area contributed by atoms with Crippen molar-refractivity contribution in [2.75, 3.05) is 0 Å². The Morgan fingerprint density at radius 1 is 1.56 bits per heavy atom. The van der Waals surface area contributed by atoms with Gasteiger partial charge in [-0.15, -0.1) is 5.10 Å². The van der Waals surface area contributed by atoms with Crippen LogP contribution in [-0.2, 0) is 7.05 Å². The molecule has 0 aliphatic heterocycles. The molecule has 2 rings (SSSR count). The Balaban J connectivity index is 2.11. The largest absolute Gasteiger partial charge is 0.292 e. The molecule has 0 radical (unpaired) electrons. The quantitative estimate of drug-likeness (QED) is 0.633. The van der Waals surface area contributed by atoms with Crippen LogP contribution in [0.3, 0.4) is 0 Å². The lowest BCUT2D eigenvalue weighted by atomic mass is 9.95. The van der Waals surface area contributed by atoms with Crippen molar-refractivity contribution in [2.45, 2.75) is 32.1 Å². The molecule has 0 N–H and O–H groups in total. The van der Waals surface area contributed by atoms with Gasteiger partial charge in [0.05, 0.1) is 0 Å². The second-order valence-electron chi connectivity index (χ2n) is 4.06. The number of carbonyl (C=O) groups is 1. The number of ketones is 1. The van der Waals surface area contributed by atoms with Crippen molar-refractivity contribution in [3.8, 4) is 0 Å². The number of aromatic nitrogens is 3. The number of rotatable bonds is 3. The van der Waals surface area contributed by atoms with E-state index in [1.807, 2.05) is 0 Å². The van der Waals surface area contributed by atoms with Gasteiger partial charge in [0.2, 0.25) is 0 Å². The lowest BCUT2D eigenvalue weighted by molar-refractivity contribution is 0.0982. The fourth-order valence-corrected chi connectivity index (χ4v) is 2.53. The summed E-state index contributed by atoms with van der Waals surface area (Å²) in [4.78, 5) is 12.0. The highest BCUT2D eigenvalue weighted by Crippen LogP contribution is 2.23. The molecule has 0 saturated heterocycles. The van der Waals surface area contributed by atoms with Gasteiger partial charge >= 0.3 is 0 Å². The molecule has 1 aliphatic carbocycles. The standard InChI is InChI=1S/C11H14BrN3O/c1-15-10(11(12)13-14-15)9(16)7-8-5-3-2-4-6-8/h5H,2-4,6-7H2,1H3. The van der Waals surface area contributed by atoms with Gasteiger partial charge in [-0.1, -0.05) is 16.9 Å². The molecule has 4 nitrogen and oxygen atoms in total. The third kappa shape index (κ3) is 2.40. The summed E-state index contributed by atoms with van der Waals surface area (Å²) < 4.78 is 2.06. The zero-order chi connectivity index (χ0) is 11.5. The van der Waals surface area contributed by atoms with Crippen LogP contribution in [0.2, 0.25) is 0 Å². The minimum Gasteiger partial charge on any atom is -0.292 e. The van der Waals surface area contributed by atoms with Crippen LogP contribution >= 0.6 is 15.9 Å². The van der Waals surface area contributed by atoms with Gasteiger partial charge in [-0.25, -0.2) is 4.68 Å². The Labute approximate surface area is 103 Å². The molecule has 16 heavy (non-hydrogen) atoms. The Morgan fingerprint density at radius 2 is 2.38 bits per heavy atom. The number of aryl methyl sites for hydroxylation is 1.